The highest BCUT2D eigenvalue weighted by Gasteiger charge is 2.25. The summed E-state index contributed by atoms with van der Waals surface area (Å²) in [5.74, 6) is -0.0870. The van der Waals surface area contributed by atoms with Gasteiger partial charge in [0.2, 0.25) is 5.91 Å². The van der Waals surface area contributed by atoms with E-state index >= 15 is 0 Å². The fraction of sp³-hybridized carbons (Fsp3) is 0.417. The van der Waals surface area contributed by atoms with E-state index in [1.165, 1.54) is 0 Å². The van der Waals surface area contributed by atoms with E-state index < -0.39 is 4.32 Å². The number of nitrogens with one attached hydrogen (secondary N) is 1. The number of amides is 1. The normalized spacial score (nSPS) is 13.3. The molecule has 1 aromatic rings. The van der Waals surface area contributed by atoms with E-state index in [9.17, 15) is 4.79 Å². The molecule has 1 rings (SSSR count). The van der Waals surface area contributed by atoms with Crippen molar-refractivity contribution in [3.8, 4) is 0 Å². The molecule has 1 aromatic carbocycles. The first-order valence-corrected chi connectivity index (χ1v) is 6.71. The second-order valence-electron chi connectivity index (χ2n) is 4.33. The summed E-state index contributed by atoms with van der Waals surface area (Å²) in [4.78, 5) is 11.8. The molecule has 0 bridgehead atoms. The van der Waals surface area contributed by atoms with Gasteiger partial charge >= 0.3 is 0 Å². The Bertz CT molecular complexity index is 429. The van der Waals surface area contributed by atoms with Gasteiger partial charge in [-0.1, -0.05) is 45.2 Å². The molecule has 0 aliphatic heterocycles. The number of halogens is 3. The number of alkyl halides is 1. The summed E-state index contributed by atoms with van der Waals surface area (Å²) in [5, 5.41) is 4.02. The van der Waals surface area contributed by atoms with Crippen molar-refractivity contribution < 1.29 is 4.79 Å². The number of rotatable bonds is 3. The smallest absolute Gasteiger partial charge is 0.236 e. The van der Waals surface area contributed by atoms with Gasteiger partial charge in [-0.15, -0.1) is 0 Å². The summed E-state index contributed by atoms with van der Waals surface area (Å²) in [7, 11) is 0. The van der Waals surface area contributed by atoms with Crippen LogP contribution in [-0.4, -0.2) is 10.2 Å². The Kier molecular flexibility index (Phi) is 4.87. The predicted molar refractivity (Wildman–Crippen MR) is 76.0 cm³/mol. The van der Waals surface area contributed by atoms with E-state index in [-0.39, 0.29) is 11.9 Å². The van der Waals surface area contributed by atoms with Gasteiger partial charge in [-0.05, 0) is 38.5 Å². The molecule has 0 fully saturated rings. The van der Waals surface area contributed by atoms with Gasteiger partial charge in [0, 0.05) is 10.0 Å². The highest BCUT2D eigenvalue weighted by atomic mass is 79.9. The third kappa shape index (κ3) is 4.16. The lowest BCUT2D eigenvalue weighted by atomic mass is 10.1. The van der Waals surface area contributed by atoms with Crippen molar-refractivity contribution in [3.63, 3.8) is 0 Å². The SMILES string of the molecule is CC(NC(=O)C(C)(C)Br)c1ccc(Cl)cc1Cl. The monoisotopic (exact) mass is 337 g/mol. The van der Waals surface area contributed by atoms with Crippen molar-refractivity contribution in [1.29, 1.82) is 0 Å². The molecule has 17 heavy (non-hydrogen) atoms. The molecule has 94 valence electrons. The van der Waals surface area contributed by atoms with E-state index in [1.807, 2.05) is 13.0 Å². The molecule has 1 amide bonds. The molecule has 2 nitrogen and oxygen atoms in total. The molecule has 0 saturated carbocycles. The average Bonchev–Trinajstić information content (AvgIpc) is 2.15. The largest absolute Gasteiger partial charge is 0.348 e. The van der Waals surface area contributed by atoms with Crippen LogP contribution in [0.15, 0.2) is 18.2 Å². The van der Waals surface area contributed by atoms with Gasteiger partial charge in [0.15, 0.2) is 0 Å². The first kappa shape index (κ1) is 14.8. The number of carbonyl (C=O) groups excluding carboxylic acids is 1. The van der Waals surface area contributed by atoms with Gasteiger partial charge in [0.05, 0.1) is 10.4 Å². The average molecular weight is 339 g/mol. The van der Waals surface area contributed by atoms with Gasteiger partial charge in [-0.25, -0.2) is 0 Å². The third-order valence-corrected chi connectivity index (χ3v) is 3.24. The maximum absolute atomic E-state index is 11.8. The van der Waals surface area contributed by atoms with Crippen LogP contribution in [-0.2, 0) is 4.79 Å². The van der Waals surface area contributed by atoms with E-state index in [4.69, 9.17) is 23.2 Å². The van der Waals surface area contributed by atoms with Crippen LogP contribution in [0, 0.1) is 0 Å². The second-order valence-corrected chi connectivity index (χ2v) is 7.16. The molecule has 0 radical (unpaired) electrons. The van der Waals surface area contributed by atoms with Crippen LogP contribution in [0.3, 0.4) is 0 Å². The minimum absolute atomic E-state index is 0.0870. The minimum atomic E-state index is -0.597. The quantitative estimate of drug-likeness (QED) is 0.816. The number of benzene rings is 1. The zero-order chi connectivity index (χ0) is 13.2. The molecule has 1 atom stereocenters. The van der Waals surface area contributed by atoms with Crippen molar-refractivity contribution in [3.05, 3.63) is 33.8 Å². The van der Waals surface area contributed by atoms with Gasteiger partial charge in [-0.2, -0.15) is 0 Å². The fourth-order valence-corrected chi connectivity index (χ4v) is 1.99. The lowest BCUT2D eigenvalue weighted by molar-refractivity contribution is -0.123. The molecular formula is C12H14BrCl2NO. The Morgan fingerprint density at radius 2 is 2.00 bits per heavy atom. The highest BCUT2D eigenvalue weighted by Crippen LogP contribution is 2.27. The third-order valence-electron chi connectivity index (χ3n) is 2.32. The summed E-state index contributed by atoms with van der Waals surface area (Å²) in [6.07, 6.45) is 0. The van der Waals surface area contributed by atoms with Crippen molar-refractivity contribution in [1.82, 2.24) is 5.32 Å². The summed E-state index contributed by atoms with van der Waals surface area (Å²) in [6.45, 7) is 5.46. The lowest BCUT2D eigenvalue weighted by Crippen LogP contribution is -2.38. The molecule has 1 N–H and O–H groups in total. The Morgan fingerprint density at radius 1 is 1.41 bits per heavy atom. The molecule has 0 heterocycles. The Labute approximate surface area is 120 Å². The van der Waals surface area contributed by atoms with Crippen molar-refractivity contribution in [2.24, 2.45) is 0 Å². The zero-order valence-corrected chi connectivity index (χ0v) is 12.9. The summed E-state index contributed by atoms with van der Waals surface area (Å²) in [6, 6.07) is 5.08. The van der Waals surface area contributed by atoms with Crippen molar-refractivity contribution in [2.45, 2.75) is 31.1 Å². The molecule has 0 aromatic heterocycles. The lowest BCUT2D eigenvalue weighted by Gasteiger charge is -2.21. The number of hydrogen-bond acceptors (Lipinski definition) is 1. The van der Waals surface area contributed by atoms with E-state index in [0.717, 1.165) is 5.56 Å². The van der Waals surface area contributed by atoms with Crippen LogP contribution in [0.1, 0.15) is 32.4 Å². The summed E-state index contributed by atoms with van der Waals surface area (Å²) >= 11 is 15.2. The molecule has 0 saturated heterocycles. The highest BCUT2D eigenvalue weighted by molar-refractivity contribution is 9.10. The standard InChI is InChI=1S/C12H14BrCl2NO/c1-7(16-11(17)12(2,3)13)9-5-4-8(14)6-10(9)15/h4-7H,1-3H3,(H,16,17). The van der Waals surface area contributed by atoms with Crippen molar-refractivity contribution in [2.75, 3.05) is 0 Å². The van der Waals surface area contributed by atoms with Crippen LogP contribution in [0.2, 0.25) is 10.0 Å². The molecular weight excluding hydrogens is 325 g/mol. The Balaban J connectivity index is 2.84. The Morgan fingerprint density at radius 3 is 2.47 bits per heavy atom. The maximum atomic E-state index is 11.8. The van der Waals surface area contributed by atoms with Crippen LogP contribution >= 0.6 is 39.1 Å². The molecule has 0 aliphatic rings. The van der Waals surface area contributed by atoms with Gasteiger partial charge in [0.25, 0.3) is 0 Å². The van der Waals surface area contributed by atoms with E-state index in [2.05, 4.69) is 21.2 Å². The van der Waals surface area contributed by atoms with Crippen LogP contribution < -0.4 is 5.32 Å². The van der Waals surface area contributed by atoms with Gasteiger partial charge in [0.1, 0.15) is 0 Å². The zero-order valence-electron chi connectivity index (χ0n) is 9.85. The first-order chi connectivity index (χ1) is 7.71. The first-order valence-electron chi connectivity index (χ1n) is 5.16. The molecule has 5 heteroatoms. The summed E-state index contributed by atoms with van der Waals surface area (Å²) in [5.41, 5.74) is 0.848. The van der Waals surface area contributed by atoms with E-state index in [1.54, 1.807) is 26.0 Å². The van der Waals surface area contributed by atoms with Crippen LogP contribution in [0.4, 0.5) is 0 Å². The van der Waals surface area contributed by atoms with Gasteiger partial charge < -0.3 is 5.32 Å². The predicted octanol–water partition coefficient (Wildman–Crippen LogP) is 4.34. The Hall–Kier alpha value is -0.250. The minimum Gasteiger partial charge on any atom is -0.348 e. The van der Waals surface area contributed by atoms with Gasteiger partial charge in [-0.3, -0.25) is 4.79 Å². The topological polar surface area (TPSA) is 29.1 Å². The molecule has 0 spiro atoms. The maximum Gasteiger partial charge on any atom is 0.236 e. The molecule has 1 unspecified atom stereocenters. The fourth-order valence-electron chi connectivity index (χ4n) is 1.30. The molecule has 0 aliphatic carbocycles. The number of hydrogen-bond donors (Lipinski definition) is 1. The summed E-state index contributed by atoms with van der Waals surface area (Å²) < 4.78 is -0.597. The number of carbonyl (C=O) groups is 1. The van der Waals surface area contributed by atoms with Crippen LogP contribution in [0.25, 0.3) is 0 Å². The van der Waals surface area contributed by atoms with Crippen molar-refractivity contribution >= 4 is 45.0 Å². The van der Waals surface area contributed by atoms with E-state index in [0.29, 0.717) is 10.0 Å². The van der Waals surface area contributed by atoms with Crippen LogP contribution in [0.5, 0.6) is 0 Å². The second kappa shape index (κ2) is 5.59.